The zero-order valence-electron chi connectivity index (χ0n) is 18.6. The van der Waals surface area contributed by atoms with Crippen LogP contribution in [0.3, 0.4) is 0 Å². The van der Waals surface area contributed by atoms with Crippen molar-refractivity contribution in [1.82, 2.24) is 14.7 Å². The van der Waals surface area contributed by atoms with Crippen molar-refractivity contribution in [3.63, 3.8) is 0 Å². The van der Waals surface area contributed by atoms with Gasteiger partial charge in [0.15, 0.2) is 6.17 Å². The number of hydrogen-bond donors (Lipinski definition) is 0. The number of nitrogens with zero attached hydrogens (tertiary/aromatic N) is 4. The van der Waals surface area contributed by atoms with Gasteiger partial charge in [-0.1, -0.05) is 0 Å². The van der Waals surface area contributed by atoms with Gasteiger partial charge in [-0.3, -0.25) is 14.6 Å². The lowest BCUT2D eigenvalue weighted by Gasteiger charge is -2.59. The molecule has 8 heteroatoms. The third-order valence-corrected chi connectivity index (χ3v) is 5.57. The number of fused-ring (bicyclic) bond motifs is 1. The summed E-state index contributed by atoms with van der Waals surface area (Å²) in [6, 6.07) is 1.50. The van der Waals surface area contributed by atoms with Crippen LogP contribution >= 0.6 is 0 Å². The van der Waals surface area contributed by atoms with Gasteiger partial charge in [0.1, 0.15) is 6.04 Å². The molecule has 0 unspecified atom stereocenters. The van der Waals surface area contributed by atoms with Gasteiger partial charge in [0.25, 0.3) is 0 Å². The molecule has 0 aromatic heterocycles. The molecule has 0 radical (unpaired) electrons. The van der Waals surface area contributed by atoms with Gasteiger partial charge in [-0.25, -0.2) is 4.79 Å². The van der Waals surface area contributed by atoms with Crippen molar-refractivity contribution < 1.29 is 19.1 Å². The first-order valence-corrected chi connectivity index (χ1v) is 10.4. The molecular weight excluding hydrogens is 372 g/mol. The molecule has 0 aromatic rings. The van der Waals surface area contributed by atoms with E-state index in [9.17, 15) is 14.9 Å². The van der Waals surface area contributed by atoms with E-state index in [2.05, 4.69) is 11.0 Å². The van der Waals surface area contributed by atoms with Crippen LogP contribution < -0.4 is 0 Å². The van der Waals surface area contributed by atoms with E-state index in [4.69, 9.17) is 9.47 Å². The second-order valence-corrected chi connectivity index (χ2v) is 8.12. The summed E-state index contributed by atoms with van der Waals surface area (Å²) in [4.78, 5) is 32.2. The second kappa shape index (κ2) is 9.59. The number of allylic oxidation sites excluding steroid dienone is 1. The summed E-state index contributed by atoms with van der Waals surface area (Å²) >= 11 is 0. The Balaban J connectivity index is 2.68. The summed E-state index contributed by atoms with van der Waals surface area (Å²) in [5.74, 6) is -0.943. The van der Waals surface area contributed by atoms with Crippen molar-refractivity contribution in [2.24, 2.45) is 5.92 Å². The molecule has 0 bridgehead atoms. The van der Waals surface area contributed by atoms with Crippen molar-refractivity contribution >= 4 is 11.9 Å². The average molecular weight is 407 g/mol. The van der Waals surface area contributed by atoms with Gasteiger partial charge < -0.3 is 14.4 Å². The van der Waals surface area contributed by atoms with E-state index in [1.165, 1.54) is 0 Å². The van der Waals surface area contributed by atoms with E-state index in [1.807, 2.05) is 50.7 Å². The molecular formula is C21H34N4O4. The van der Waals surface area contributed by atoms with E-state index in [1.54, 1.807) is 13.8 Å². The minimum absolute atomic E-state index is 0.0146. The second-order valence-electron chi connectivity index (χ2n) is 8.12. The summed E-state index contributed by atoms with van der Waals surface area (Å²) in [6.45, 7) is 12.1. The quantitative estimate of drug-likeness (QED) is 0.619. The fourth-order valence-electron chi connectivity index (χ4n) is 4.66. The molecule has 0 aliphatic carbocycles. The lowest BCUT2D eigenvalue weighted by molar-refractivity contribution is -0.203. The van der Waals surface area contributed by atoms with Gasteiger partial charge in [-0.2, -0.15) is 5.26 Å². The first-order valence-electron chi connectivity index (χ1n) is 10.4. The van der Waals surface area contributed by atoms with E-state index >= 15 is 0 Å². The van der Waals surface area contributed by atoms with Gasteiger partial charge >= 0.3 is 11.9 Å². The first-order chi connectivity index (χ1) is 13.7. The summed E-state index contributed by atoms with van der Waals surface area (Å²) in [7, 11) is 1.89. The monoisotopic (exact) mass is 406 g/mol. The zero-order valence-corrected chi connectivity index (χ0v) is 18.6. The number of rotatable bonds is 6. The summed E-state index contributed by atoms with van der Waals surface area (Å²) in [5, 5.41) is 9.53. The van der Waals surface area contributed by atoms with E-state index < -0.39 is 12.2 Å². The number of esters is 2. The highest BCUT2D eigenvalue weighted by atomic mass is 16.5. The average Bonchev–Trinajstić information content (AvgIpc) is 2.65. The van der Waals surface area contributed by atoms with Crippen LogP contribution in [0.5, 0.6) is 0 Å². The summed E-state index contributed by atoms with van der Waals surface area (Å²) in [5.41, 5.74) is 0.616. The molecule has 0 spiro atoms. The van der Waals surface area contributed by atoms with Crippen LogP contribution in [0.1, 0.15) is 48.0 Å². The molecule has 0 aromatic carbocycles. The Morgan fingerprint density at radius 1 is 1.10 bits per heavy atom. The van der Waals surface area contributed by atoms with Crippen LogP contribution in [0.2, 0.25) is 0 Å². The lowest BCUT2D eigenvalue weighted by atomic mass is 9.81. The molecule has 8 nitrogen and oxygen atoms in total. The fraction of sp³-hybridized carbons (Fsp3) is 0.762. The molecule has 0 N–H and O–H groups in total. The molecule has 0 saturated carbocycles. The number of nitriles is 1. The minimum Gasteiger partial charge on any atom is -0.465 e. The van der Waals surface area contributed by atoms with Crippen LogP contribution in [0.25, 0.3) is 0 Å². The Kier molecular flexibility index (Phi) is 7.66. The largest absolute Gasteiger partial charge is 0.465 e. The molecule has 2 rings (SSSR count). The predicted octanol–water partition coefficient (Wildman–Crippen LogP) is 1.93. The van der Waals surface area contributed by atoms with Gasteiger partial charge in [-0.15, -0.1) is 0 Å². The third kappa shape index (κ3) is 4.41. The van der Waals surface area contributed by atoms with Crippen molar-refractivity contribution in [2.45, 2.75) is 78.4 Å². The Bertz CT molecular complexity index is 685. The molecule has 2 heterocycles. The van der Waals surface area contributed by atoms with E-state index in [0.29, 0.717) is 12.0 Å². The predicted molar refractivity (Wildman–Crippen MR) is 108 cm³/mol. The lowest BCUT2D eigenvalue weighted by Crippen LogP contribution is -2.75. The van der Waals surface area contributed by atoms with Crippen LogP contribution in [0.15, 0.2) is 11.8 Å². The maximum absolute atomic E-state index is 13.1. The zero-order chi connectivity index (χ0) is 21.9. The topological polar surface area (TPSA) is 86.1 Å². The maximum atomic E-state index is 13.1. The Morgan fingerprint density at radius 3 is 2.14 bits per heavy atom. The molecule has 29 heavy (non-hydrogen) atoms. The SMILES string of the molecule is CCOC(=O)[C@@H]1N(C(C)C)[C@@H](C(=O)OCC)[C@@H]2CC(C#N)=CN(C)[C@H]2N1C(C)C. The summed E-state index contributed by atoms with van der Waals surface area (Å²) in [6.07, 6.45) is 1.32. The first kappa shape index (κ1) is 23.2. The number of ether oxygens (including phenoxy) is 2. The molecule has 1 fully saturated rings. The highest BCUT2D eigenvalue weighted by Crippen LogP contribution is 2.41. The van der Waals surface area contributed by atoms with Crippen molar-refractivity contribution in [3.8, 4) is 6.07 Å². The molecule has 2 aliphatic rings. The number of hydrogen-bond acceptors (Lipinski definition) is 8. The normalized spacial score (nSPS) is 28.0. The van der Waals surface area contributed by atoms with Crippen molar-refractivity contribution in [3.05, 3.63) is 11.8 Å². The molecule has 4 atom stereocenters. The highest BCUT2D eigenvalue weighted by Gasteiger charge is 2.57. The van der Waals surface area contributed by atoms with Gasteiger partial charge in [0, 0.05) is 36.8 Å². The van der Waals surface area contributed by atoms with Crippen LogP contribution in [-0.2, 0) is 19.1 Å². The third-order valence-electron chi connectivity index (χ3n) is 5.57. The van der Waals surface area contributed by atoms with Crippen LogP contribution in [0, 0.1) is 17.2 Å². The van der Waals surface area contributed by atoms with Gasteiger partial charge in [0.2, 0.25) is 0 Å². The van der Waals surface area contributed by atoms with E-state index in [0.717, 1.165) is 0 Å². The van der Waals surface area contributed by atoms with E-state index in [-0.39, 0.29) is 49.3 Å². The van der Waals surface area contributed by atoms with Crippen molar-refractivity contribution in [1.29, 1.82) is 5.26 Å². The van der Waals surface area contributed by atoms with Gasteiger partial charge in [0.05, 0.1) is 25.4 Å². The standard InChI is InChI=1S/C21H34N4O4/c1-8-28-20(26)17-16-10-15(11-22)12-23(7)18(16)25(14(5)6)19(21(27)29-9-2)24(17)13(3)4/h12-14,16-19H,8-10H2,1-7H3/t16-,17+,18-,19+/m0/s1. The fourth-order valence-corrected chi connectivity index (χ4v) is 4.66. The highest BCUT2D eigenvalue weighted by molar-refractivity contribution is 5.81. The molecule has 1 saturated heterocycles. The minimum atomic E-state index is -0.718. The molecule has 0 amide bonds. The smallest absolute Gasteiger partial charge is 0.338 e. The molecule has 2 aliphatic heterocycles. The Labute approximate surface area is 174 Å². The number of carbonyl (C=O) groups is 2. The van der Waals surface area contributed by atoms with Gasteiger partial charge in [-0.05, 0) is 48.0 Å². The van der Waals surface area contributed by atoms with Crippen LogP contribution in [0.4, 0.5) is 0 Å². The summed E-state index contributed by atoms with van der Waals surface area (Å²) < 4.78 is 10.9. The maximum Gasteiger partial charge on any atom is 0.338 e. The Morgan fingerprint density at radius 2 is 1.66 bits per heavy atom. The molecule has 162 valence electrons. The Hall–Kier alpha value is -2.11. The number of carbonyl (C=O) groups excluding carboxylic acids is 2. The van der Waals surface area contributed by atoms with Crippen molar-refractivity contribution in [2.75, 3.05) is 20.3 Å². The van der Waals surface area contributed by atoms with Crippen LogP contribution in [-0.4, -0.2) is 77.4 Å².